The van der Waals surface area contributed by atoms with E-state index in [4.69, 9.17) is 0 Å². The topological polar surface area (TPSA) is 40.6 Å². The third-order valence-corrected chi connectivity index (χ3v) is 6.18. The van der Waals surface area contributed by atoms with E-state index in [1.807, 2.05) is 84.9 Å². The summed E-state index contributed by atoms with van der Waals surface area (Å²) in [7, 11) is 0. The van der Waals surface area contributed by atoms with Gasteiger partial charge in [0.1, 0.15) is 6.29 Å². The Kier molecular flexibility index (Phi) is 4.70. The summed E-state index contributed by atoms with van der Waals surface area (Å²) in [5.41, 5.74) is 5.79. The quantitative estimate of drug-likeness (QED) is 0.267. The molecule has 1 aliphatic heterocycles. The van der Waals surface area contributed by atoms with Crippen LogP contribution < -0.4 is 9.80 Å². The van der Waals surface area contributed by atoms with Gasteiger partial charge >= 0.3 is 0 Å². The molecule has 0 saturated carbocycles. The molecule has 0 saturated heterocycles. The smallest absolute Gasteiger partial charge is 0.263 e. The van der Waals surface area contributed by atoms with E-state index in [2.05, 4.69) is 29.2 Å². The third-order valence-electron chi connectivity index (χ3n) is 6.18. The van der Waals surface area contributed by atoms with Gasteiger partial charge in [0.05, 0.1) is 11.3 Å². The highest BCUT2D eigenvalue weighted by atomic mass is 16.2. The molecule has 34 heavy (non-hydrogen) atoms. The van der Waals surface area contributed by atoms with Gasteiger partial charge in [0.2, 0.25) is 0 Å². The van der Waals surface area contributed by atoms with Crippen molar-refractivity contribution in [1.82, 2.24) is 0 Å². The van der Waals surface area contributed by atoms with Crippen LogP contribution in [0.5, 0.6) is 0 Å². The van der Waals surface area contributed by atoms with E-state index in [-0.39, 0.29) is 5.91 Å². The lowest BCUT2D eigenvalue weighted by atomic mass is 10.0. The molecule has 0 radical (unpaired) electrons. The van der Waals surface area contributed by atoms with Crippen molar-refractivity contribution in [3.8, 4) is 0 Å². The van der Waals surface area contributed by atoms with Crippen LogP contribution in [0.15, 0.2) is 115 Å². The van der Waals surface area contributed by atoms with E-state index in [1.165, 1.54) is 0 Å². The van der Waals surface area contributed by atoms with Crippen LogP contribution in [0.4, 0.5) is 28.4 Å². The molecule has 1 heterocycles. The van der Waals surface area contributed by atoms with Crippen molar-refractivity contribution in [1.29, 1.82) is 0 Å². The van der Waals surface area contributed by atoms with Crippen LogP contribution in [0, 0.1) is 0 Å². The van der Waals surface area contributed by atoms with Crippen LogP contribution in [0.3, 0.4) is 0 Å². The number of benzene rings is 5. The second-order valence-corrected chi connectivity index (χ2v) is 8.23. The number of nitrogens with zero attached hydrogens (tertiary/aromatic N) is 2. The summed E-state index contributed by atoms with van der Waals surface area (Å²) in [6.45, 7) is 0. The minimum Gasteiger partial charge on any atom is -0.311 e. The predicted molar refractivity (Wildman–Crippen MR) is 137 cm³/mol. The fourth-order valence-electron chi connectivity index (χ4n) is 4.69. The van der Waals surface area contributed by atoms with Gasteiger partial charge in [0.25, 0.3) is 5.91 Å². The van der Waals surface area contributed by atoms with E-state index in [0.717, 1.165) is 45.5 Å². The third kappa shape index (κ3) is 3.16. The predicted octanol–water partition coefficient (Wildman–Crippen LogP) is 7.41. The molecule has 0 unspecified atom stereocenters. The van der Waals surface area contributed by atoms with Crippen molar-refractivity contribution < 1.29 is 9.59 Å². The minimum atomic E-state index is -0.0839. The first-order chi connectivity index (χ1) is 16.7. The number of para-hydroxylation sites is 2. The summed E-state index contributed by atoms with van der Waals surface area (Å²) >= 11 is 0. The van der Waals surface area contributed by atoms with Gasteiger partial charge in [-0.3, -0.25) is 14.5 Å². The van der Waals surface area contributed by atoms with Crippen molar-refractivity contribution in [2.24, 2.45) is 0 Å². The van der Waals surface area contributed by atoms with Crippen molar-refractivity contribution in [3.63, 3.8) is 0 Å². The lowest BCUT2D eigenvalue weighted by molar-refractivity contribution is 0.100. The number of amides is 1. The standard InChI is InChI=1S/C30H20N2O2/c33-20-21-18-22-8-7-13-27-29(22)28(19-21)32(30(27)34)26-16-14-25(15-17-26)31(23-9-3-1-4-10-23)24-11-5-2-6-12-24/h1-20H. The fourth-order valence-corrected chi connectivity index (χ4v) is 4.69. The average Bonchev–Trinajstić information content (AvgIpc) is 3.18. The maximum absolute atomic E-state index is 13.4. The van der Waals surface area contributed by atoms with Gasteiger partial charge in [-0.05, 0) is 72.1 Å². The highest BCUT2D eigenvalue weighted by molar-refractivity contribution is 6.28. The molecular formula is C30H20N2O2. The number of aldehydes is 1. The van der Waals surface area contributed by atoms with Gasteiger partial charge in [-0.1, -0.05) is 48.5 Å². The number of rotatable bonds is 5. The average molecular weight is 441 g/mol. The number of hydrogen-bond donors (Lipinski definition) is 0. The maximum Gasteiger partial charge on any atom is 0.263 e. The Hall–Kier alpha value is -4.70. The van der Waals surface area contributed by atoms with Gasteiger partial charge < -0.3 is 4.90 Å². The fraction of sp³-hybridized carbons (Fsp3) is 0. The number of carbonyl (C=O) groups is 2. The van der Waals surface area contributed by atoms with E-state index in [9.17, 15) is 9.59 Å². The van der Waals surface area contributed by atoms with Crippen molar-refractivity contribution in [3.05, 3.63) is 126 Å². The largest absolute Gasteiger partial charge is 0.311 e. The molecule has 5 aromatic carbocycles. The molecule has 4 heteroatoms. The Labute approximate surface area is 197 Å². The van der Waals surface area contributed by atoms with Crippen molar-refractivity contribution >= 4 is 51.4 Å². The summed E-state index contributed by atoms with van der Waals surface area (Å²) < 4.78 is 0. The molecule has 0 N–H and O–H groups in total. The minimum absolute atomic E-state index is 0.0839. The van der Waals surface area contributed by atoms with Gasteiger partial charge in [0, 0.05) is 33.7 Å². The molecule has 1 amide bonds. The molecule has 5 aromatic rings. The van der Waals surface area contributed by atoms with Crippen LogP contribution >= 0.6 is 0 Å². The van der Waals surface area contributed by atoms with E-state index >= 15 is 0 Å². The normalized spacial score (nSPS) is 12.2. The molecule has 0 spiro atoms. The lowest BCUT2D eigenvalue weighted by Gasteiger charge is -2.26. The molecule has 0 aromatic heterocycles. The number of carbonyl (C=O) groups excluding carboxylic acids is 2. The molecule has 0 aliphatic carbocycles. The van der Waals surface area contributed by atoms with Crippen LogP contribution in [-0.2, 0) is 0 Å². The highest BCUT2D eigenvalue weighted by Crippen LogP contribution is 2.43. The molecular weight excluding hydrogens is 420 g/mol. The zero-order chi connectivity index (χ0) is 23.1. The monoisotopic (exact) mass is 440 g/mol. The van der Waals surface area contributed by atoms with E-state index in [1.54, 1.807) is 11.0 Å². The van der Waals surface area contributed by atoms with E-state index < -0.39 is 0 Å². The molecule has 162 valence electrons. The summed E-state index contributed by atoms with van der Waals surface area (Å²) in [5.74, 6) is -0.0839. The van der Waals surface area contributed by atoms with Crippen LogP contribution in [-0.4, -0.2) is 12.2 Å². The molecule has 0 bridgehead atoms. The summed E-state index contributed by atoms with van der Waals surface area (Å²) in [5, 5.41) is 1.78. The first kappa shape index (κ1) is 19.9. The summed E-state index contributed by atoms with van der Waals surface area (Å²) in [6, 6.07) is 37.6. The van der Waals surface area contributed by atoms with Crippen LogP contribution in [0.2, 0.25) is 0 Å². The SMILES string of the molecule is O=Cc1cc2c3c(cccc3c1)C(=O)N2c1ccc(N(c2ccccc2)c2ccccc2)cc1. The molecule has 4 nitrogen and oxygen atoms in total. The molecule has 0 fully saturated rings. The first-order valence-corrected chi connectivity index (χ1v) is 11.1. The Morgan fingerprint density at radius 3 is 1.88 bits per heavy atom. The molecule has 1 aliphatic rings. The van der Waals surface area contributed by atoms with Crippen LogP contribution in [0.1, 0.15) is 20.7 Å². The Morgan fingerprint density at radius 1 is 0.647 bits per heavy atom. The zero-order valence-corrected chi connectivity index (χ0v) is 18.3. The van der Waals surface area contributed by atoms with Crippen LogP contribution in [0.25, 0.3) is 10.8 Å². The Morgan fingerprint density at radius 2 is 1.26 bits per heavy atom. The second kappa shape index (κ2) is 8.01. The zero-order valence-electron chi connectivity index (χ0n) is 18.3. The summed E-state index contributed by atoms with van der Waals surface area (Å²) in [4.78, 5) is 28.8. The lowest BCUT2D eigenvalue weighted by Crippen LogP contribution is -2.21. The second-order valence-electron chi connectivity index (χ2n) is 8.23. The van der Waals surface area contributed by atoms with Crippen molar-refractivity contribution in [2.75, 3.05) is 9.80 Å². The molecule has 0 atom stereocenters. The Balaban J connectivity index is 1.44. The van der Waals surface area contributed by atoms with Crippen molar-refractivity contribution in [2.45, 2.75) is 0 Å². The summed E-state index contributed by atoms with van der Waals surface area (Å²) in [6.07, 6.45) is 0.824. The van der Waals surface area contributed by atoms with Gasteiger partial charge in [-0.2, -0.15) is 0 Å². The molecule has 6 rings (SSSR count). The van der Waals surface area contributed by atoms with E-state index in [0.29, 0.717) is 11.1 Å². The number of anilines is 5. The Bertz CT molecular complexity index is 1490. The first-order valence-electron chi connectivity index (χ1n) is 11.1. The van der Waals surface area contributed by atoms with Gasteiger partial charge in [-0.25, -0.2) is 0 Å². The van der Waals surface area contributed by atoms with Gasteiger partial charge in [0.15, 0.2) is 0 Å². The maximum atomic E-state index is 13.4. The highest BCUT2D eigenvalue weighted by Gasteiger charge is 2.31. The number of hydrogen-bond acceptors (Lipinski definition) is 3. The van der Waals surface area contributed by atoms with Gasteiger partial charge in [-0.15, -0.1) is 0 Å².